The average molecular weight is 311 g/mol. The molecule has 3 aromatic heterocycles. The van der Waals surface area contributed by atoms with Crippen molar-refractivity contribution in [2.24, 2.45) is 0 Å². The van der Waals surface area contributed by atoms with E-state index < -0.39 is 0 Å². The third-order valence-electron chi connectivity index (χ3n) is 2.86. The molecular formula is C15H13N5OS. The zero-order valence-electron chi connectivity index (χ0n) is 12.1. The first kappa shape index (κ1) is 14.3. The van der Waals surface area contributed by atoms with E-state index in [1.54, 1.807) is 12.4 Å². The molecule has 0 aliphatic rings. The van der Waals surface area contributed by atoms with Gasteiger partial charge in [-0.3, -0.25) is 9.78 Å². The van der Waals surface area contributed by atoms with Crippen LogP contribution in [0.1, 0.15) is 12.6 Å². The van der Waals surface area contributed by atoms with Gasteiger partial charge in [0.05, 0.1) is 16.3 Å². The molecule has 22 heavy (non-hydrogen) atoms. The van der Waals surface area contributed by atoms with Gasteiger partial charge in [0.1, 0.15) is 5.69 Å². The molecule has 1 amide bonds. The predicted octanol–water partition coefficient (Wildman–Crippen LogP) is 2.93. The lowest BCUT2D eigenvalue weighted by molar-refractivity contribution is -0.114. The van der Waals surface area contributed by atoms with Gasteiger partial charge in [0.25, 0.3) is 0 Å². The minimum Gasteiger partial charge on any atom is -0.302 e. The standard InChI is InChI=1S/C15H13N5OS/c1-9-13(22-15(18-9)19-10(2)21)11-6-8-17-14(20-11)12-5-3-4-7-16-12/h3-8H,1-2H3,(H,18,19,21). The molecule has 3 heterocycles. The van der Waals surface area contributed by atoms with Crippen molar-refractivity contribution in [1.29, 1.82) is 0 Å². The summed E-state index contributed by atoms with van der Waals surface area (Å²) < 4.78 is 0. The van der Waals surface area contributed by atoms with Crippen molar-refractivity contribution in [1.82, 2.24) is 19.9 Å². The second kappa shape index (κ2) is 5.98. The van der Waals surface area contributed by atoms with Gasteiger partial charge in [0, 0.05) is 19.3 Å². The van der Waals surface area contributed by atoms with Gasteiger partial charge < -0.3 is 5.32 Å². The van der Waals surface area contributed by atoms with Crippen molar-refractivity contribution in [3.8, 4) is 22.1 Å². The summed E-state index contributed by atoms with van der Waals surface area (Å²) in [6.45, 7) is 3.35. The molecule has 0 unspecified atom stereocenters. The molecule has 0 saturated carbocycles. The van der Waals surface area contributed by atoms with Gasteiger partial charge >= 0.3 is 0 Å². The lowest BCUT2D eigenvalue weighted by Gasteiger charge is -2.01. The molecule has 0 radical (unpaired) electrons. The monoisotopic (exact) mass is 311 g/mol. The number of amides is 1. The summed E-state index contributed by atoms with van der Waals surface area (Å²) >= 11 is 1.39. The van der Waals surface area contributed by atoms with Crippen LogP contribution in [0.5, 0.6) is 0 Å². The Bertz CT molecular complexity index is 816. The van der Waals surface area contributed by atoms with Crippen LogP contribution in [0.3, 0.4) is 0 Å². The minimum absolute atomic E-state index is 0.142. The molecule has 3 rings (SSSR count). The number of nitrogens with zero attached hydrogens (tertiary/aromatic N) is 4. The first-order valence-corrected chi connectivity index (χ1v) is 7.45. The van der Waals surface area contributed by atoms with Crippen molar-refractivity contribution >= 4 is 22.4 Å². The zero-order chi connectivity index (χ0) is 15.5. The van der Waals surface area contributed by atoms with Crippen LogP contribution < -0.4 is 5.32 Å². The van der Waals surface area contributed by atoms with Gasteiger partial charge in [-0.15, -0.1) is 0 Å². The van der Waals surface area contributed by atoms with Gasteiger partial charge in [-0.25, -0.2) is 15.0 Å². The van der Waals surface area contributed by atoms with Crippen LogP contribution in [0, 0.1) is 6.92 Å². The fourth-order valence-corrected chi connectivity index (χ4v) is 2.92. The van der Waals surface area contributed by atoms with E-state index in [1.807, 2.05) is 31.2 Å². The second-order valence-electron chi connectivity index (χ2n) is 4.60. The first-order chi connectivity index (χ1) is 10.6. The fourth-order valence-electron chi connectivity index (χ4n) is 1.94. The zero-order valence-corrected chi connectivity index (χ0v) is 12.9. The Labute approximate surface area is 131 Å². The van der Waals surface area contributed by atoms with E-state index in [9.17, 15) is 4.79 Å². The van der Waals surface area contributed by atoms with E-state index in [0.29, 0.717) is 16.6 Å². The number of carbonyl (C=O) groups excluding carboxylic acids is 1. The fraction of sp³-hybridized carbons (Fsp3) is 0.133. The Kier molecular flexibility index (Phi) is 3.88. The molecule has 7 heteroatoms. The maximum Gasteiger partial charge on any atom is 0.223 e. The van der Waals surface area contributed by atoms with Crippen LogP contribution in [0.4, 0.5) is 5.13 Å². The van der Waals surface area contributed by atoms with Crippen molar-refractivity contribution in [2.75, 3.05) is 5.32 Å². The number of hydrogen-bond donors (Lipinski definition) is 1. The smallest absolute Gasteiger partial charge is 0.223 e. The van der Waals surface area contributed by atoms with E-state index in [2.05, 4.69) is 25.3 Å². The third kappa shape index (κ3) is 2.99. The van der Waals surface area contributed by atoms with Crippen LogP contribution in [0.25, 0.3) is 22.1 Å². The molecule has 0 atom stereocenters. The van der Waals surface area contributed by atoms with Crippen LogP contribution in [-0.2, 0) is 4.79 Å². The molecular weight excluding hydrogens is 298 g/mol. The highest BCUT2D eigenvalue weighted by Gasteiger charge is 2.13. The molecule has 0 spiro atoms. The number of thiazole rings is 1. The first-order valence-electron chi connectivity index (χ1n) is 6.63. The lowest BCUT2D eigenvalue weighted by Crippen LogP contribution is -2.04. The second-order valence-corrected chi connectivity index (χ2v) is 5.59. The molecule has 110 valence electrons. The number of nitrogens with one attached hydrogen (secondary N) is 1. The Morgan fingerprint density at radius 1 is 1.09 bits per heavy atom. The number of pyridine rings is 1. The van der Waals surface area contributed by atoms with Crippen LogP contribution >= 0.6 is 11.3 Å². The molecule has 0 bridgehead atoms. The summed E-state index contributed by atoms with van der Waals surface area (Å²) in [5.41, 5.74) is 2.30. The Morgan fingerprint density at radius 3 is 2.68 bits per heavy atom. The lowest BCUT2D eigenvalue weighted by atomic mass is 10.2. The van der Waals surface area contributed by atoms with Gasteiger partial charge in [-0.05, 0) is 25.1 Å². The number of rotatable bonds is 3. The van der Waals surface area contributed by atoms with Crippen molar-refractivity contribution < 1.29 is 4.79 Å². The van der Waals surface area contributed by atoms with Crippen LogP contribution in [-0.4, -0.2) is 25.8 Å². The normalized spacial score (nSPS) is 10.5. The summed E-state index contributed by atoms with van der Waals surface area (Å²) in [6, 6.07) is 7.43. The number of aryl methyl sites for hydroxylation is 1. The Balaban J connectivity index is 1.99. The number of aromatic nitrogens is 4. The molecule has 3 aromatic rings. The van der Waals surface area contributed by atoms with Crippen LogP contribution in [0.15, 0.2) is 36.7 Å². The van der Waals surface area contributed by atoms with E-state index in [4.69, 9.17) is 0 Å². The molecule has 0 aliphatic carbocycles. The Hall–Kier alpha value is -2.67. The molecule has 0 aliphatic heterocycles. The number of anilines is 1. The third-order valence-corrected chi connectivity index (χ3v) is 3.96. The van der Waals surface area contributed by atoms with E-state index in [1.165, 1.54) is 18.3 Å². The van der Waals surface area contributed by atoms with Crippen LogP contribution in [0.2, 0.25) is 0 Å². The highest BCUT2D eigenvalue weighted by molar-refractivity contribution is 7.19. The highest BCUT2D eigenvalue weighted by atomic mass is 32.1. The van der Waals surface area contributed by atoms with E-state index >= 15 is 0 Å². The summed E-state index contributed by atoms with van der Waals surface area (Å²) in [7, 11) is 0. The molecule has 0 aromatic carbocycles. The minimum atomic E-state index is -0.142. The molecule has 0 fully saturated rings. The molecule has 6 nitrogen and oxygen atoms in total. The average Bonchev–Trinajstić information content (AvgIpc) is 2.88. The summed E-state index contributed by atoms with van der Waals surface area (Å²) in [5.74, 6) is 0.420. The quantitative estimate of drug-likeness (QED) is 0.804. The maximum absolute atomic E-state index is 11.1. The predicted molar refractivity (Wildman–Crippen MR) is 85.4 cm³/mol. The van der Waals surface area contributed by atoms with Gasteiger partial charge in [0.2, 0.25) is 5.91 Å². The number of hydrogen-bond acceptors (Lipinski definition) is 6. The highest BCUT2D eigenvalue weighted by Crippen LogP contribution is 2.31. The van der Waals surface area contributed by atoms with Crippen molar-refractivity contribution in [2.45, 2.75) is 13.8 Å². The molecule has 0 saturated heterocycles. The van der Waals surface area contributed by atoms with Gasteiger partial charge in [-0.1, -0.05) is 17.4 Å². The topological polar surface area (TPSA) is 80.7 Å². The Morgan fingerprint density at radius 2 is 1.95 bits per heavy atom. The van der Waals surface area contributed by atoms with Crippen molar-refractivity contribution in [3.05, 3.63) is 42.4 Å². The molecule has 1 N–H and O–H groups in total. The number of carbonyl (C=O) groups is 1. The van der Waals surface area contributed by atoms with Gasteiger partial charge in [-0.2, -0.15) is 0 Å². The summed E-state index contributed by atoms with van der Waals surface area (Å²) in [4.78, 5) is 29.4. The summed E-state index contributed by atoms with van der Waals surface area (Å²) in [6.07, 6.45) is 3.40. The van der Waals surface area contributed by atoms with Gasteiger partial charge in [0.15, 0.2) is 11.0 Å². The van der Waals surface area contributed by atoms with E-state index in [0.717, 1.165) is 16.3 Å². The maximum atomic E-state index is 11.1. The summed E-state index contributed by atoms with van der Waals surface area (Å²) in [5, 5.41) is 3.26. The largest absolute Gasteiger partial charge is 0.302 e. The van der Waals surface area contributed by atoms with E-state index in [-0.39, 0.29) is 5.91 Å². The SMILES string of the molecule is CC(=O)Nc1nc(C)c(-c2ccnc(-c3ccccn3)n2)s1. The van der Waals surface area contributed by atoms with Crippen molar-refractivity contribution in [3.63, 3.8) is 0 Å².